The van der Waals surface area contributed by atoms with Crippen LogP contribution in [-0.4, -0.2) is 47.2 Å². The molecule has 6 nitrogen and oxygen atoms in total. The highest BCUT2D eigenvalue weighted by molar-refractivity contribution is 5.85. The van der Waals surface area contributed by atoms with E-state index in [2.05, 4.69) is 15.5 Å². The summed E-state index contributed by atoms with van der Waals surface area (Å²) in [6, 6.07) is 0. The number of halogens is 1. The maximum atomic E-state index is 12.5. The van der Waals surface area contributed by atoms with Gasteiger partial charge < -0.3 is 15.3 Å². The molecule has 1 spiro atoms. The Hall–Kier alpha value is -1.27. The van der Waals surface area contributed by atoms with Crippen molar-refractivity contribution in [2.24, 2.45) is 5.41 Å². The minimum Gasteiger partial charge on any atom is -0.342 e. The zero-order valence-electron chi connectivity index (χ0n) is 13.7. The third-order valence-electron chi connectivity index (χ3n) is 5.48. The Morgan fingerprint density at radius 1 is 1.13 bits per heavy atom. The largest absolute Gasteiger partial charge is 0.342 e. The Balaban J connectivity index is 0.00000192. The quantitative estimate of drug-likeness (QED) is 0.759. The van der Waals surface area contributed by atoms with Crippen molar-refractivity contribution in [2.75, 3.05) is 26.2 Å². The molecule has 0 aliphatic carbocycles. The van der Waals surface area contributed by atoms with Crippen LogP contribution in [0.2, 0.25) is 0 Å². The lowest BCUT2D eigenvalue weighted by atomic mass is 9.73. The Labute approximate surface area is 142 Å². The average Bonchev–Trinajstić information content (AvgIpc) is 2.73. The van der Waals surface area contributed by atoms with Crippen molar-refractivity contribution in [3.8, 4) is 0 Å². The molecule has 0 unspecified atom stereocenters. The number of H-pyrrole nitrogens is 2. The fourth-order valence-electron chi connectivity index (χ4n) is 3.91. The van der Waals surface area contributed by atoms with Gasteiger partial charge in [-0.1, -0.05) is 0 Å². The molecule has 3 rings (SSSR count). The summed E-state index contributed by atoms with van der Waals surface area (Å²) in [6.07, 6.45) is 6.07. The monoisotopic (exact) mass is 342 g/mol. The molecular formula is C16H27ClN4O2. The number of carbonyl (C=O) groups excluding carboxylic acids is 1. The minimum atomic E-state index is -0.171. The number of aromatic nitrogens is 2. The number of rotatable bonds is 2. The molecule has 0 atom stereocenters. The average molecular weight is 343 g/mol. The van der Waals surface area contributed by atoms with Crippen LogP contribution in [0.25, 0.3) is 0 Å². The lowest BCUT2D eigenvalue weighted by Gasteiger charge is -2.37. The van der Waals surface area contributed by atoms with E-state index >= 15 is 0 Å². The highest BCUT2D eigenvalue weighted by Gasteiger charge is 2.34. The van der Waals surface area contributed by atoms with E-state index in [-0.39, 0.29) is 30.3 Å². The molecule has 0 bridgehead atoms. The summed E-state index contributed by atoms with van der Waals surface area (Å²) >= 11 is 0. The number of nitrogens with one attached hydrogen (secondary N) is 3. The predicted octanol–water partition coefficient (Wildman–Crippen LogP) is 1.36. The number of carbonyl (C=O) groups is 1. The first-order valence-electron chi connectivity index (χ1n) is 8.34. The zero-order valence-corrected chi connectivity index (χ0v) is 14.6. The molecular weight excluding hydrogens is 316 g/mol. The van der Waals surface area contributed by atoms with Gasteiger partial charge in [0.2, 0.25) is 5.91 Å². The summed E-state index contributed by atoms with van der Waals surface area (Å²) in [7, 11) is 0. The molecule has 0 saturated carbocycles. The summed E-state index contributed by atoms with van der Waals surface area (Å²) in [5.41, 5.74) is 1.60. The minimum absolute atomic E-state index is 0. The molecule has 0 radical (unpaired) electrons. The van der Waals surface area contributed by atoms with Crippen molar-refractivity contribution in [3.63, 3.8) is 0 Å². The molecule has 0 aromatic carbocycles. The van der Waals surface area contributed by atoms with E-state index < -0.39 is 0 Å². The second-order valence-electron chi connectivity index (χ2n) is 6.84. The fraction of sp³-hybridized carbons (Fsp3) is 0.750. The SMILES string of the molecule is Cc1[nH][nH]c(=O)c1CC(=O)N1CCCC2(CCNCC2)CC1.Cl. The first-order valence-corrected chi connectivity index (χ1v) is 8.34. The van der Waals surface area contributed by atoms with Crippen LogP contribution in [-0.2, 0) is 11.2 Å². The number of hydrogen-bond donors (Lipinski definition) is 3. The molecule has 2 saturated heterocycles. The molecule has 1 aromatic rings. The fourth-order valence-corrected chi connectivity index (χ4v) is 3.91. The molecule has 1 aromatic heterocycles. The number of aryl methyl sites for hydroxylation is 1. The Morgan fingerprint density at radius 3 is 2.52 bits per heavy atom. The molecule has 23 heavy (non-hydrogen) atoms. The molecule has 2 fully saturated rings. The molecule has 1 amide bonds. The molecule has 2 aliphatic heterocycles. The number of nitrogens with zero attached hydrogens (tertiary/aromatic N) is 1. The molecule has 3 heterocycles. The smallest absolute Gasteiger partial charge is 0.267 e. The maximum absolute atomic E-state index is 12.5. The Bertz CT molecular complexity index is 589. The highest BCUT2D eigenvalue weighted by Crippen LogP contribution is 2.39. The van der Waals surface area contributed by atoms with Gasteiger partial charge in [0, 0.05) is 24.3 Å². The van der Waals surface area contributed by atoms with Crippen LogP contribution in [0, 0.1) is 12.3 Å². The van der Waals surface area contributed by atoms with Gasteiger partial charge in [0.25, 0.3) is 5.56 Å². The van der Waals surface area contributed by atoms with Crippen molar-refractivity contribution in [1.29, 1.82) is 0 Å². The summed E-state index contributed by atoms with van der Waals surface area (Å²) in [6.45, 7) is 5.69. The Kier molecular flexibility index (Phi) is 5.92. The van der Waals surface area contributed by atoms with E-state index in [9.17, 15) is 9.59 Å². The zero-order chi connectivity index (χ0) is 15.6. The molecule has 3 N–H and O–H groups in total. The number of aromatic amines is 2. The van der Waals surface area contributed by atoms with E-state index in [0.717, 1.165) is 44.7 Å². The number of hydrogen-bond acceptors (Lipinski definition) is 3. The number of piperidine rings is 1. The predicted molar refractivity (Wildman–Crippen MR) is 92.1 cm³/mol. The summed E-state index contributed by atoms with van der Waals surface area (Å²) in [5.74, 6) is 0.0826. The first-order chi connectivity index (χ1) is 10.6. The van der Waals surface area contributed by atoms with Crippen LogP contribution in [0.4, 0.5) is 0 Å². The van der Waals surface area contributed by atoms with Gasteiger partial charge in [-0.3, -0.25) is 14.7 Å². The van der Waals surface area contributed by atoms with Gasteiger partial charge in [0.15, 0.2) is 0 Å². The van der Waals surface area contributed by atoms with Gasteiger partial charge in [-0.25, -0.2) is 0 Å². The van der Waals surface area contributed by atoms with Gasteiger partial charge in [0.05, 0.1) is 6.42 Å². The standard InChI is InChI=1S/C16H26N4O2.ClH/c1-12-13(15(22)19-18-12)11-14(21)20-9-2-3-16(6-10-20)4-7-17-8-5-16;/h17H,2-11H2,1H3,(H2,18,19,22);1H. The normalized spacial score (nSPS) is 20.8. The number of likely N-dealkylation sites (tertiary alicyclic amines) is 1. The van der Waals surface area contributed by atoms with Gasteiger partial charge in [-0.2, -0.15) is 0 Å². The van der Waals surface area contributed by atoms with Crippen molar-refractivity contribution >= 4 is 18.3 Å². The molecule has 130 valence electrons. The van der Waals surface area contributed by atoms with E-state index in [4.69, 9.17) is 0 Å². The van der Waals surface area contributed by atoms with E-state index in [0.29, 0.717) is 11.0 Å². The van der Waals surface area contributed by atoms with Crippen LogP contribution < -0.4 is 10.9 Å². The lowest BCUT2D eigenvalue weighted by Crippen LogP contribution is -2.38. The van der Waals surface area contributed by atoms with E-state index in [1.807, 2.05) is 11.8 Å². The summed E-state index contributed by atoms with van der Waals surface area (Å²) in [4.78, 5) is 26.2. The number of amides is 1. The third-order valence-corrected chi connectivity index (χ3v) is 5.48. The van der Waals surface area contributed by atoms with Crippen molar-refractivity contribution in [1.82, 2.24) is 20.4 Å². The topological polar surface area (TPSA) is 81.0 Å². The van der Waals surface area contributed by atoms with Gasteiger partial charge in [0.1, 0.15) is 0 Å². The highest BCUT2D eigenvalue weighted by atomic mass is 35.5. The van der Waals surface area contributed by atoms with Crippen molar-refractivity contribution in [3.05, 3.63) is 21.6 Å². The van der Waals surface area contributed by atoms with Crippen molar-refractivity contribution < 1.29 is 4.79 Å². The summed E-state index contributed by atoms with van der Waals surface area (Å²) < 4.78 is 0. The van der Waals surface area contributed by atoms with Crippen molar-refractivity contribution in [2.45, 2.75) is 45.4 Å². The second kappa shape index (κ2) is 7.53. The first kappa shape index (κ1) is 18.1. The van der Waals surface area contributed by atoms with Crippen LogP contribution >= 0.6 is 12.4 Å². The van der Waals surface area contributed by atoms with Crippen LogP contribution in [0.1, 0.15) is 43.4 Å². The summed E-state index contributed by atoms with van der Waals surface area (Å²) in [5, 5.41) is 8.77. The second-order valence-corrected chi connectivity index (χ2v) is 6.84. The Morgan fingerprint density at radius 2 is 1.87 bits per heavy atom. The molecule has 2 aliphatic rings. The van der Waals surface area contributed by atoms with E-state index in [1.165, 1.54) is 19.3 Å². The van der Waals surface area contributed by atoms with E-state index in [1.54, 1.807) is 0 Å². The van der Waals surface area contributed by atoms with Gasteiger partial charge in [-0.05, 0) is 57.5 Å². The lowest BCUT2D eigenvalue weighted by molar-refractivity contribution is -0.130. The maximum Gasteiger partial charge on any atom is 0.267 e. The van der Waals surface area contributed by atoms with Crippen LogP contribution in [0.3, 0.4) is 0 Å². The van der Waals surface area contributed by atoms with Gasteiger partial charge in [-0.15, -0.1) is 12.4 Å². The van der Waals surface area contributed by atoms with Crippen LogP contribution in [0.15, 0.2) is 4.79 Å². The third kappa shape index (κ3) is 3.98. The van der Waals surface area contributed by atoms with Gasteiger partial charge >= 0.3 is 0 Å². The van der Waals surface area contributed by atoms with Crippen LogP contribution in [0.5, 0.6) is 0 Å². The molecule has 7 heteroatoms.